The molecule has 5 rings (SSSR count). The van der Waals surface area contributed by atoms with Gasteiger partial charge in [0.25, 0.3) is 0 Å². The van der Waals surface area contributed by atoms with E-state index in [1.807, 2.05) is 34.6 Å². The minimum atomic E-state index is -1.13. The molecule has 0 spiro atoms. The number of nitrogens with one attached hydrogen (secondary N) is 1. The summed E-state index contributed by atoms with van der Waals surface area (Å²) >= 11 is -1.13. The number of anilines is 1. The summed E-state index contributed by atoms with van der Waals surface area (Å²) in [5, 5.41) is 3.81. The standard InChI is InChI=1S/C24H31N3OS/c25-20-9-6-17(7-10-20)16-26-23-15-22(23)18-8-11-24-19(14-18)12-13-27(24)29(28)21-4-2-1-3-5-21/h1-5,8,11,14,17,20,22-23,26H,6-7,9-10,12-13,15-16,25H2. The summed E-state index contributed by atoms with van der Waals surface area (Å²) in [6.45, 7) is 1.97. The molecule has 0 radical (unpaired) electrons. The molecule has 0 aromatic heterocycles. The molecule has 3 atom stereocenters. The van der Waals surface area contributed by atoms with Crippen molar-refractivity contribution in [1.82, 2.24) is 5.32 Å². The van der Waals surface area contributed by atoms with Crippen LogP contribution in [0.1, 0.15) is 49.1 Å². The molecule has 2 fully saturated rings. The molecule has 154 valence electrons. The van der Waals surface area contributed by atoms with Crippen LogP contribution in [-0.2, 0) is 17.8 Å². The Bertz CT molecular complexity index is 837. The Morgan fingerprint density at radius 3 is 2.66 bits per heavy atom. The molecule has 2 aromatic rings. The first-order chi connectivity index (χ1) is 14.2. The zero-order valence-electron chi connectivity index (χ0n) is 16.9. The third-order valence-corrected chi connectivity index (χ3v) is 8.34. The SMILES string of the molecule is NC1CCC(CNC2CC2c2ccc3c(c2)CCN3[S+]([O-])c2ccccc2)CC1. The summed E-state index contributed by atoms with van der Waals surface area (Å²) in [5.41, 5.74) is 9.95. The minimum Gasteiger partial charge on any atom is -0.588 e. The van der Waals surface area contributed by atoms with Gasteiger partial charge >= 0.3 is 0 Å². The Morgan fingerprint density at radius 2 is 1.86 bits per heavy atom. The summed E-state index contributed by atoms with van der Waals surface area (Å²) in [6.07, 6.45) is 7.15. The van der Waals surface area contributed by atoms with Crippen molar-refractivity contribution in [1.29, 1.82) is 0 Å². The van der Waals surface area contributed by atoms with Crippen molar-refractivity contribution >= 4 is 17.0 Å². The normalized spacial score (nSPS) is 29.5. The van der Waals surface area contributed by atoms with Gasteiger partial charge in [-0.25, -0.2) is 0 Å². The van der Waals surface area contributed by atoms with Gasteiger partial charge in [-0.05, 0) is 80.3 Å². The Morgan fingerprint density at radius 1 is 1.07 bits per heavy atom. The highest BCUT2D eigenvalue weighted by atomic mass is 32.2. The molecule has 2 saturated carbocycles. The van der Waals surface area contributed by atoms with E-state index in [4.69, 9.17) is 5.73 Å². The second-order valence-corrected chi connectivity index (χ2v) is 10.4. The zero-order valence-corrected chi connectivity index (χ0v) is 17.7. The monoisotopic (exact) mass is 409 g/mol. The lowest BCUT2D eigenvalue weighted by Crippen LogP contribution is -2.32. The maximum absolute atomic E-state index is 13.0. The fourth-order valence-corrected chi connectivity index (χ4v) is 6.22. The zero-order chi connectivity index (χ0) is 19.8. The summed E-state index contributed by atoms with van der Waals surface area (Å²) < 4.78 is 15.0. The summed E-state index contributed by atoms with van der Waals surface area (Å²) in [6, 6.07) is 17.6. The number of rotatable bonds is 6. The molecule has 4 nitrogen and oxygen atoms in total. The van der Waals surface area contributed by atoms with Crippen LogP contribution >= 0.6 is 0 Å². The molecule has 0 saturated heterocycles. The Hall–Kier alpha value is -1.53. The van der Waals surface area contributed by atoms with Gasteiger partial charge in [-0.1, -0.05) is 30.3 Å². The molecule has 0 bridgehead atoms. The van der Waals surface area contributed by atoms with Crippen LogP contribution in [0.3, 0.4) is 0 Å². The van der Waals surface area contributed by atoms with Crippen molar-refractivity contribution in [3.8, 4) is 0 Å². The fraction of sp³-hybridized carbons (Fsp3) is 0.500. The van der Waals surface area contributed by atoms with Crippen LogP contribution in [0.4, 0.5) is 5.69 Å². The van der Waals surface area contributed by atoms with E-state index >= 15 is 0 Å². The van der Waals surface area contributed by atoms with E-state index in [2.05, 4.69) is 23.5 Å². The smallest absolute Gasteiger partial charge is 0.180 e. The Kier molecular flexibility index (Phi) is 5.57. The van der Waals surface area contributed by atoms with Crippen LogP contribution < -0.4 is 15.4 Å². The maximum Gasteiger partial charge on any atom is 0.180 e. The van der Waals surface area contributed by atoms with E-state index in [0.717, 1.165) is 36.0 Å². The van der Waals surface area contributed by atoms with Crippen LogP contribution in [0.2, 0.25) is 0 Å². The molecule has 2 aromatic carbocycles. The molecular formula is C24H31N3OS. The first-order valence-electron chi connectivity index (χ1n) is 11.1. The van der Waals surface area contributed by atoms with Gasteiger partial charge in [-0.15, -0.1) is 0 Å². The molecule has 1 aliphatic heterocycles. The Balaban J connectivity index is 1.19. The summed E-state index contributed by atoms with van der Waals surface area (Å²) in [4.78, 5) is 0.875. The van der Waals surface area contributed by atoms with Crippen molar-refractivity contribution in [3.05, 3.63) is 59.7 Å². The van der Waals surface area contributed by atoms with Crippen LogP contribution in [0.15, 0.2) is 53.4 Å². The predicted octanol–water partition coefficient (Wildman–Crippen LogP) is 3.73. The van der Waals surface area contributed by atoms with Crippen molar-refractivity contribution in [2.45, 2.75) is 61.4 Å². The third kappa shape index (κ3) is 4.19. The number of nitrogens with zero attached hydrogens (tertiary/aromatic N) is 1. The van der Waals surface area contributed by atoms with Crippen LogP contribution in [0, 0.1) is 5.92 Å². The van der Waals surface area contributed by atoms with E-state index in [1.165, 1.54) is 43.2 Å². The molecule has 1 heterocycles. The number of nitrogens with two attached hydrogens (primary N) is 1. The van der Waals surface area contributed by atoms with E-state index in [-0.39, 0.29) is 0 Å². The topological polar surface area (TPSA) is 64.3 Å². The predicted molar refractivity (Wildman–Crippen MR) is 119 cm³/mol. The van der Waals surface area contributed by atoms with Gasteiger partial charge in [-0.3, -0.25) is 0 Å². The van der Waals surface area contributed by atoms with Crippen LogP contribution in [0.25, 0.3) is 0 Å². The number of fused-ring (bicyclic) bond motifs is 1. The lowest BCUT2D eigenvalue weighted by Gasteiger charge is -2.26. The fourth-order valence-electron chi connectivity index (χ4n) is 4.96. The average Bonchev–Trinajstić information content (AvgIpc) is 3.42. The number of hydrogen-bond donors (Lipinski definition) is 2. The van der Waals surface area contributed by atoms with Gasteiger partial charge in [0.15, 0.2) is 4.90 Å². The van der Waals surface area contributed by atoms with E-state index < -0.39 is 11.4 Å². The van der Waals surface area contributed by atoms with Gasteiger partial charge in [0.2, 0.25) is 0 Å². The largest absolute Gasteiger partial charge is 0.588 e. The van der Waals surface area contributed by atoms with Gasteiger partial charge < -0.3 is 15.6 Å². The first kappa shape index (κ1) is 19.4. The highest BCUT2D eigenvalue weighted by Crippen LogP contribution is 2.44. The van der Waals surface area contributed by atoms with E-state index in [0.29, 0.717) is 18.0 Å². The average molecular weight is 410 g/mol. The first-order valence-corrected chi connectivity index (χ1v) is 12.2. The third-order valence-electron chi connectivity index (χ3n) is 6.88. The van der Waals surface area contributed by atoms with Crippen LogP contribution in [-0.4, -0.2) is 29.7 Å². The Labute approximate surface area is 177 Å². The molecule has 3 unspecified atom stereocenters. The second-order valence-electron chi connectivity index (χ2n) is 8.94. The quantitative estimate of drug-likeness (QED) is 0.714. The van der Waals surface area contributed by atoms with Gasteiger partial charge in [0, 0.05) is 18.0 Å². The van der Waals surface area contributed by atoms with Gasteiger partial charge in [0.05, 0.1) is 12.2 Å². The molecular weight excluding hydrogens is 378 g/mol. The summed E-state index contributed by atoms with van der Waals surface area (Å²) in [7, 11) is 0. The van der Waals surface area contributed by atoms with Crippen molar-refractivity contribution in [2.24, 2.45) is 11.7 Å². The lowest BCUT2D eigenvalue weighted by molar-refractivity contribution is 0.313. The highest BCUT2D eigenvalue weighted by Gasteiger charge is 2.39. The highest BCUT2D eigenvalue weighted by molar-refractivity contribution is 7.92. The molecule has 3 aliphatic rings. The van der Waals surface area contributed by atoms with Crippen molar-refractivity contribution in [2.75, 3.05) is 17.4 Å². The minimum absolute atomic E-state index is 0.433. The summed E-state index contributed by atoms with van der Waals surface area (Å²) in [5.74, 6) is 1.44. The van der Waals surface area contributed by atoms with Crippen molar-refractivity contribution < 1.29 is 4.55 Å². The van der Waals surface area contributed by atoms with Crippen molar-refractivity contribution in [3.63, 3.8) is 0 Å². The second kappa shape index (κ2) is 8.31. The maximum atomic E-state index is 13.0. The molecule has 29 heavy (non-hydrogen) atoms. The number of hydrogen-bond acceptors (Lipinski definition) is 4. The lowest BCUT2D eigenvalue weighted by atomic mass is 9.86. The van der Waals surface area contributed by atoms with E-state index in [9.17, 15) is 4.55 Å². The van der Waals surface area contributed by atoms with E-state index in [1.54, 1.807) is 0 Å². The van der Waals surface area contributed by atoms with Gasteiger partial charge in [-0.2, -0.15) is 4.31 Å². The van der Waals surface area contributed by atoms with Crippen LogP contribution in [0.5, 0.6) is 0 Å². The molecule has 0 amide bonds. The molecule has 2 aliphatic carbocycles. The van der Waals surface area contributed by atoms with Gasteiger partial charge in [0.1, 0.15) is 11.4 Å². The molecule has 5 heteroatoms. The number of benzene rings is 2. The molecule has 3 N–H and O–H groups in total.